The van der Waals surface area contributed by atoms with Gasteiger partial charge in [-0.25, -0.2) is 14.5 Å². The summed E-state index contributed by atoms with van der Waals surface area (Å²) >= 11 is 5.94. The fourth-order valence-electron chi connectivity index (χ4n) is 4.31. The van der Waals surface area contributed by atoms with E-state index >= 15 is 0 Å². The van der Waals surface area contributed by atoms with Crippen LogP contribution >= 0.6 is 11.6 Å². The number of rotatable bonds is 3. The van der Waals surface area contributed by atoms with Crippen LogP contribution in [0.25, 0.3) is 0 Å². The van der Waals surface area contributed by atoms with Gasteiger partial charge in [0.2, 0.25) is 0 Å². The minimum Gasteiger partial charge on any atom is -0.444 e. The number of halogens is 1. The van der Waals surface area contributed by atoms with Crippen LogP contribution in [0, 0.1) is 0 Å². The highest BCUT2D eigenvalue weighted by Gasteiger charge is 2.54. The van der Waals surface area contributed by atoms with Crippen molar-refractivity contribution in [3.05, 3.63) is 39.9 Å². The van der Waals surface area contributed by atoms with Gasteiger partial charge in [0.25, 0.3) is 5.56 Å². The minimum atomic E-state index is -0.512. The average molecular weight is 447 g/mol. The zero-order valence-corrected chi connectivity index (χ0v) is 19.1. The summed E-state index contributed by atoms with van der Waals surface area (Å²) in [6.45, 7) is 9.08. The molecule has 0 spiro atoms. The van der Waals surface area contributed by atoms with Gasteiger partial charge in [-0.1, -0.05) is 11.6 Å². The quantitative estimate of drug-likeness (QED) is 0.774. The van der Waals surface area contributed by atoms with Crippen LogP contribution in [0.1, 0.15) is 34.1 Å². The van der Waals surface area contributed by atoms with Gasteiger partial charge in [0.1, 0.15) is 17.1 Å². The monoisotopic (exact) mass is 446 g/mol. The first-order valence-corrected chi connectivity index (χ1v) is 10.6. The molecule has 2 unspecified atom stereocenters. The maximum Gasteiger partial charge on any atom is 0.410 e. The van der Waals surface area contributed by atoms with Crippen LogP contribution in [0.15, 0.2) is 29.2 Å². The standard InChI is InChI=1S/C21H27ClN6O3/c1-20(2,3)31-19(30)28-11-14-9-21(28,4)12-27(14)13-6-7-17(23-10-13)24-15-8-16(22)25-26(5)18(15)29/h6-8,10,14H,9,11-12H2,1-5H3,(H,23,24). The SMILES string of the molecule is Cn1nc(Cl)cc(Nc2ccc(N3CC4(C)CC3CN4C(=O)OC(C)(C)C)cn2)c1=O. The molecular weight excluding hydrogens is 420 g/mol. The van der Waals surface area contributed by atoms with Gasteiger partial charge >= 0.3 is 6.09 Å². The summed E-state index contributed by atoms with van der Waals surface area (Å²) in [7, 11) is 1.54. The molecule has 1 amide bonds. The van der Waals surface area contributed by atoms with E-state index in [0.717, 1.165) is 12.1 Å². The van der Waals surface area contributed by atoms with Crippen molar-refractivity contribution >= 4 is 34.9 Å². The second kappa shape index (κ2) is 7.40. The van der Waals surface area contributed by atoms with Crippen LogP contribution in [0.3, 0.4) is 0 Å². The smallest absolute Gasteiger partial charge is 0.410 e. The molecule has 31 heavy (non-hydrogen) atoms. The van der Waals surface area contributed by atoms with E-state index < -0.39 is 5.60 Å². The number of hydrogen-bond acceptors (Lipinski definition) is 7. The predicted molar refractivity (Wildman–Crippen MR) is 119 cm³/mol. The molecular formula is C21H27ClN6O3. The molecule has 10 heteroatoms. The number of aromatic nitrogens is 3. The molecule has 2 aromatic heterocycles. The zero-order valence-electron chi connectivity index (χ0n) is 18.3. The first-order valence-electron chi connectivity index (χ1n) is 10.2. The molecule has 2 aliphatic heterocycles. The largest absolute Gasteiger partial charge is 0.444 e. The van der Waals surface area contributed by atoms with Crippen molar-refractivity contribution in [2.24, 2.45) is 7.05 Å². The number of carbonyl (C=O) groups excluding carboxylic acids is 1. The Hall–Kier alpha value is -2.81. The van der Waals surface area contributed by atoms with Gasteiger partial charge in [-0.15, -0.1) is 0 Å². The summed E-state index contributed by atoms with van der Waals surface area (Å²) in [5.41, 5.74) is 0.209. The van der Waals surface area contributed by atoms with Gasteiger partial charge in [0.05, 0.1) is 17.4 Å². The molecule has 2 atom stereocenters. The van der Waals surface area contributed by atoms with E-state index in [-0.39, 0.29) is 28.4 Å². The topological polar surface area (TPSA) is 92.6 Å². The number of carbonyl (C=O) groups is 1. The van der Waals surface area contributed by atoms with Crippen molar-refractivity contribution < 1.29 is 9.53 Å². The summed E-state index contributed by atoms with van der Waals surface area (Å²) < 4.78 is 6.76. The van der Waals surface area contributed by atoms with Crippen molar-refractivity contribution in [1.29, 1.82) is 0 Å². The lowest BCUT2D eigenvalue weighted by atomic mass is 10.0. The Balaban J connectivity index is 1.46. The number of ether oxygens (including phenoxy) is 1. The molecule has 4 rings (SSSR count). The van der Waals surface area contributed by atoms with Crippen molar-refractivity contribution in [2.75, 3.05) is 23.3 Å². The molecule has 2 aromatic rings. The lowest BCUT2D eigenvalue weighted by molar-refractivity contribution is 0.0100. The summed E-state index contributed by atoms with van der Waals surface area (Å²) in [6.07, 6.45) is 2.40. The van der Waals surface area contributed by atoms with Gasteiger partial charge in [0.15, 0.2) is 5.15 Å². The number of aryl methyl sites for hydroxylation is 1. The van der Waals surface area contributed by atoms with Crippen LogP contribution < -0.4 is 15.8 Å². The van der Waals surface area contributed by atoms with Crippen LogP contribution in [-0.4, -0.2) is 56.0 Å². The van der Waals surface area contributed by atoms with Gasteiger partial charge < -0.3 is 15.0 Å². The van der Waals surface area contributed by atoms with Crippen molar-refractivity contribution in [3.63, 3.8) is 0 Å². The van der Waals surface area contributed by atoms with Crippen LogP contribution in [0.4, 0.5) is 22.0 Å². The predicted octanol–water partition coefficient (Wildman–Crippen LogP) is 3.16. The van der Waals surface area contributed by atoms with E-state index in [2.05, 4.69) is 27.2 Å². The number of hydrogen-bond donors (Lipinski definition) is 1. The van der Waals surface area contributed by atoms with Crippen molar-refractivity contribution in [2.45, 2.75) is 51.3 Å². The van der Waals surface area contributed by atoms with E-state index in [1.54, 1.807) is 13.2 Å². The zero-order chi connectivity index (χ0) is 22.6. The average Bonchev–Trinajstić information content (AvgIpc) is 3.18. The second-order valence-electron chi connectivity index (χ2n) is 9.41. The van der Waals surface area contributed by atoms with Crippen LogP contribution in [0.2, 0.25) is 5.15 Å². The Kier molecular flexibility index (Phi) is 5.12. The molecule has 0 saturated carbocycles. The molecule has 2 aliphatic rings. The lowest BCUT2D eigenvalue weighted by Gasteiger charge is -2.41. The van der Waals surface area contributed by atoms with Gasteiger partial charge in [-0.05, 0) is 46.2 Å². The highest BCUT2D eigenvalue weighted by atomic mass is 35.5. The first-order chi connectivity index (χ1) is 14.4. The Labute approximate surface area is 186 Å². The third kappa shape index (κ3) is 4.19. The molecule has 2 saturated heterocycles. The maximum absolute atomic E-state index is 12.6. The lowest BCUT2D eigenvalue weighted by Crippen LogP contribution is -2.55. The normalized spacial score (nSPS) is 22.7. The fourth-order valence-corrected chi connectivity index (χ4v) is 4.53. The summed E-state index contributed by atoms with van der Waals surface area (Å²) in [5.74, 6) is 0.536. The second-order valence-corrected chi connectivity index (χ2v) is 9.80. The number of nitrogens with zero attached hydrogens (tertiary/aromatic N) is 5. The highest BCUT2D eigenvalue weighted by molar-refractivity contribution is 6.29. The van der Waals surface area contributed by atoms with Gasteiger partial charge in [-0.2, -0.15) is 5.10 Å². The summed E-state index contributed by atoms with van der Waals surface area (Å²) in [5, 5.41) is 7.09. The molecule has 166 valence electrons. The summed E-state index contributed by atoms with van der Waals surface area (Å²) in [6, 6.07) is 5.47. The number of nitrogens with one attached hydrogen (secondary N) is 1. The van der Waals surface area contributed by atoms with E-state index in [1.165, 1.54) is 10.7 Å². The van der Waals surface area contributed by atoms with E-state index in [0.29, 0.717) is 24.6 Å². The van der Waals surface area contributed by atoms with E-state index in [4.69, 9.17) is 16.3 Å². The number of fused-ring (bicyclic) bond motifs is 2. The maximum atomic E-state index is 12.6. The Morgan fingerprint density at radius 2 is 2.10 bits per heavy atom. The number of amides is 1. The molecule has 2 bridgehead atoms. The minimum absolute atomic E-state index is 0.212. The Bertz CT molecular complexity index is 1060. The molecule has 1 N–H and O–H groups in total. The van der Waals surface area contributed by atoms with Crippen molar-refractivity contribution in [3.8, 4) is 0 Å². The summed E-state index contributed by atoms with van der Waals surface area (Å²) in [4.78, 5) is 33.4. The molecule has 0 radical (unpaired) electrons. The molecule has 0 aromatic carbocycles. The number of piperazine rings is 1. The van der Waals surface area contributed by atoms with Crippen molar-refractivity contribution in [1.82, 2.24) is 19.7 Å². The molecule has 9 nitrogen and oxygen atoms in total. The molecule has 2 fully saturated rings. The molecule has 4 heterocycles. The van der Waals surface area contributed by atoms with E-state index in [1.807, 2.05) is 37.8 Å². The first kappa shape index (κ1) is 21.4. The fraction of sp³-hybridized carbons (Fsp3) is 0.524. The third-order valence-corrected chi connectivity index (χ3v) is 5.85. The number of anilines is 3. The van der Waals surface area contributed by atoms with E-state index in [9.17, 15) is 9.59 Å². The van der Waals surface area contributed by atoms with Gasteiger partial charge in [-0.3, -0.25) is 9.69 Å². The third-order valence-electron chi connectivity index (χ3n) is 5.66. The van der Waals surface area contributed by atoms with Crippen LogP contribution in [-0.2, 0) is 11.8 Å². The van der Waals surface area contributed by atoms with Crippen LogP contribution in [0.5, 0.6) is 0 Å². The number of pyridine rings is 1. The molecule has 0 aliphatic carbocycles. The number of likely N-dealkylation sites (tertiary alicyclic amines) is 1. The van der Waals surface area contributed by atoms with Gasteiger partial charge in [0, 0.05) is 32.2 Å². The Morgan fingerprint density at radius 3 is 2.68 bits per heavy atom. The highest BCUT2D eigenvalue weighted by Crippen LogP contribution is 2.42. The Morgan fingerprint density at radius 1 is 1.35 bits per heavy atom.